The first kappa shape index (κ1) is 13.0. The minimum atomic E-state index is 0.00163. The van der Waals surface area contributed by atoms with E-state index in [4.69, 9.17) is 0 Å². The number of likely N-dealkylation sites (tertiary alicyclic amines) is 1. The molecule has 2 aromatic rings. The molecule has 0 aliphatic carbocycles. The van der Waals surface area contributed by atoms with E-state index in [2.05, 4.69) is 22.1 Å². The number of H-pyrrole nitrogens is 1. The first-order valence-corrected chi connectivity index (χ1v) is 8.34. The maximum atomic E-state index is 13.0. The van der Waals surface area contributed by atoms with Crippen LogP contribution < -0.4 is 0 Å². The fourth-order valence-electron chi connectivity index (χ4n) is 3.34. The Labute approximate surface area is 128 Å². The van der Waals surface area contributed by atoms with Crippen molar-refractivity contribution in [2.75, 3.05) is 12.3 Å². The third-order valence-electron chi connectivity index (χ3n) is 4.37. The molecule has 1 aromatic heterocycles. The summed E-state index contributed by atoms with van der Waals surface area (Å²) in [6.45, 7) is 0.841. The van der Waals surface area contributed by atoms with Crippen molar-refractivity contribution in [3.8, 4) is 0 Å². The SMILES string of the molecule is O=C([C@@H]1CSc2ccccc21)N1CCC[C@H]1c1ncc[nH]1. The number of carbonyl (C=O) groups excluding carboxylic acids is 1. The second-order valence-corrected chi connectivity index (χ2v) is 6.63. The van der Waals surface area contributed by atoms with Crippen molar-refractivity contribution in [1.82, 2.24) is 14.9 Å². The summed E-state index contributed by atoms with van der Waals surface area (Å²) in [6, 6.07) is 8.39. The minimum Gasteiger partial charge on any atom is -0.347 e. The quantitative estimate of drug-likeness (QED) is 0.927. The van der Waals surface area contributed by atoms with Gasteiger partial charge in [-0.2, -0.15) is 0 Å². The van der Waals surface area contributed by atoms with Gasteiger partial charge in [-0.05, 0) is 24.5 Å². The van der Waals surface area contributed by atoms with E-state index in [0.717, 1.165) is 31.0 Å². The van der Waals surface area contributed by atoms with Crippen LogP contribution in [0.2, 0.25) is 0 Å². The van der Waals surface area contributed by atoms with Gasteiger partial charge in [-0.25, -0.2) is 4.98 Å². The lowest BCUT2D eigenvalue weighted by Gasteiger charge is -2.26. The zero-order chi connectivity index (χ0) is 14.2. The number of carbonyl (C=O) groups is 1. The van der Waals surface area contributed by atoms with E-state index < -0.39 is 0 Å². The fourth-order valence-corrected chi connectivity index (χ4v) is 4.56. The Morgan fingerprint density at radius 1 is 1.38 bits per heavy atom. The summed E-state index contributed by atoms with van der Waals surface area (Å²) in [4.78, 5) is 23.8. The molecule has 1 N–H and O–H groups in total. The van der Waals surface area contributed by atoms with Gasteiger partial charge in [-0.15, -0.1) is 11.8 Å². The van der Waals surface area contributed by atoms with Crippen LogP contribution in [0.1, 0.15) is 36.2 Å². The molecule has 0 radical (unpaired) electrons. The number of nitrogens with one attached hydrogen (secondary N) is 1. The average molecular weight is 299 g/mol. The van der Waals surface area contributed by atoms with Gasteiger partial charge >= 0.3 is 0 Å². The summed E-state index contributed by atoms with van der Waals surface area (Å²) < 4.78 is 0. The van der Waals surface area contributed by atoms with E-state index in [0.29, 0.717) is 0 Å². The number of aromatic amines is 1. The molecule has 1 aromatic carbocycles. The molecule has 1 fully saturated rings. The van der Waals surface area contributed by atoms with Crippen LogP contribution in [-0.4, -0.2) is 33.1 Å². The van der Waals surface area contributed by atoms with Crippen LogP contribution in [0.4, 0.5) is 0 Å². The minimum absolute atomic E-state index is 0.00163. The predicted molar refractivity (Wildman–Crippen MR) is 82.2 cm³/mol. The van der Waals surface area contributed by atoms with Gasteiger partial charge in [0.1, 0.15) is 5.82 Å². The molecule has 4 nitrogen and oxygen atoms in total. The second-order valence-electron chi connectivity index (χ2n) is 5.57. The van der Waals surface area contributed by atoms with Gasteiger partial charge in [0.25, 0.3) is 0 Å². The molecular formula is C16H17N3OS. The molecule has 5 heteroatoms. The second kappa shape index (κ2) is 5.22. The van der Waals surface area contributed by atoms with Crippen molar-refractivity contribution in [1.29, 1.82) is 0 Å². The number of nitrogens with zero attached hydrogens (tertiary/aromatic N) is 2. The first-order chi connectivity index (χ1) is 10.3. The molecule has 1 amide bonds. The normalized spacial score (nSPS) is 24.3. The van der Waals surface area contributed by atoms with E-state index in [-0.39, 0.29) is 17.9 Å². The number of benzene rings is 1. The molecule has 0 saturated carbocycles. The number of rotatable bonds is 2. The van der Waals surface area contributed by atoms with Gasteiger partial charge < -0.3 is 9.88 Å². The Hall–Kier alpha value is -1.75. The Morgan fingerprint density at radius 2 is 2.29 bits per heavy atom. The third kappa shape index (κ3) is 2.16. The maximum Gasteiger partial charge on any atom is 0.231 e. The molecule has 21 heavy (non-hydrogen) atoms. The summed E-state index contributed by atoms with van der Waals surface area (Å²) >= 11 is 1.79. The number of thioether (sulfide) groups is 1. The van der Waals surface area contributed by atoms with Crippen molar-refractivity contribution in [3.63, 3.8) is 0 Å². The summed E-state index contributed by atoms with van der Waals surface area (Å²) in [5, 5.41) is 0. The Morgan fingerprint density at radius 3 is 3.14 bits per heavy atom. The van der Waals surface area contributed by atoms with Crippen LogP contribution in [0.5, 0.6) is 0 Å². The monoisotopic (exact) mass is 299 g/mol. The molecule has 2 aliphatic heterocycles. The fraction of sp³-hybridized carbons (Fsp3) is 0.375. The Kier molecular flexibility index (Phi) is 3.22. The van der Waals surface area contributed by atoms with Gasteiger partial charge in [-0.3, -0.25) is 4.79 Å². The molecule has 2 atom stereocenters. The standard InChI is InChI=1S/C16H17N3OS/c20-16(12-10-21-14-6-2-1-4-11(12)14)19-9-3-5-13(19)15-17-7-8-18-15/h1-2,4,6-8,12-13H,3,5,9-10H2,(H,17,18)/t12-,13+/m1/s1. The molecule has 0 spiro atoms. The van der Waals surface area contributed by atoms with Gasteiger partial charge in [0, 0.05) is 29.6 Å². The highest BCUT2D eigenvalue weighted by atomic mass is 32.2. The molecule has 2 aliphatic rings. The lowest BCUT2D eigenvalue weighted by Crippen LogP contribution is -2.35. The van der Waals surface area contributed by atoms with Crippen molar-refractivity contribution >= 4 is 17.7 Å². The van der Waals surface area contributed by atoms with Crippen molar-refractivity contribution in [2.45, 2.75) is 29.7 Å². The highest BCUT2D eigenvalue weighted by Crippen LogP contribution is 2.42. The van der Waals surface area contributed by atoms with Gasteiger partial charge in [0.15, 0.2) is 0 Å². The van der Waals surface area contributed by atoms with Gasteiger partial charge in [0.05, 0.1) is 12.0 Å². The van der Waals surface area contributed by atoms with E-state index >= 15 is 0 Å². The van der Waals surface area contributed by atoms with Gasteiger partial charge in [-0.1, -0.05) is 18.2 Å². The lowest BCUT2D eigenvalue weighted by atomic mass is 9.99. The van der Waals surface area contributed by atoms with E-state index in [1.165, 1.54) is 10.5 Å². The Balaban J connectivity index is 1.61. The van der Waals surface area contributed by atoms with Crippen molar-refractivity contribution in [3.05, 3.63) is 48.0 Å². The smallest absolute Gasteiger partial charge is 0.231 e. The number of hydrogen-bond donors (Lipinski definition) is 1. The zero-order valence-corrected chi connectivity index (χ0v) is 12.5. The van der Waals surface area contributed by atoms with E-state index in [1.54, 1.807) is 18.0 Å². The lowest BCUT2D eigenvalue weighted by molar-refractivity contribution is -0.133. The molecule has 4 rings (SSSR count). The number of aromatic nitrogens is 2. The topological polar surface area (TPSA) is 49.0 Å². The molecule has 0 bridgehead atoms. The number of fused-ring (bicyclic) bond motifs is 1. The van der Waals surface area contributed by atoms with Crippen molar-refractivity contribution in [2.24, 2.45) is 0 Å². The summed E-state index contributed by atoms with van der Waals surface area (Å²) in [7, 11) is 0. The summed E-state index contributed by atoms with van der Waals surface area (Å²) in [6.07, 6.45) is 5.65. The van der Waals surface area contributed by atoms with Gasteiger partial charge in [0.2, 0.25) is 5.91 Å². The van der Waals surface area contributed by atoms with Crippen LogP contribution in [0.3, 0.4) is 0 Å². The predicted octanol–water partition coefficient (Wildman–Crippen LogP) is 2.96. The molecule has 1 saturated heterocycles. The first-order valence-electron chi connectivity index (χ1n) is 7.36. The highest BCUT2D eigenvalue weighted by molar-refractivity contribution is 7.99. The molecule has 0 unspecified atom stereocenters. The molecule has 108 valence electrons. The largest absolute Gasteiger partial charge is 0.347 e. The van der Waals surface area contributed by atoms with E-state index in [9.17, 15) is 4.79 Å². The molecule has 3 heterocycles. The van der Waals surface area contributed by atoms with E-state index in [1.807, 2.05) is 23.2 Å². The Bertz CT molecular complexity index is 655. The zero-order valence-electron chi connectivity index (χ0n) is 11.7. The third-order valence-corrected chi connectivity index (χ3v) is 5.55. The summed E-state index contributed by atoms with van der Waals surface area (Å²) in [5.41, 5.74) is 1.19. The summed E-state index contributed by atoms with van der Waals surface area (Å²) in [5.74, 6) is 2.03. The highest BCUT2D eigenvalue weighted by Gasteiger charge is 2.38. The van der Waals surface area contributed by atoms with Crippen LogP contribution in [0.15, 0.2) is 41.6 Å². The maximum absolute atomic E-state index is 13.0. The average Bonchev–Trinajstić information content (AvgIpc) is 3.25. The van der Waals surface area contributed by atoms with Crippen LogP contribution in [0.25, 0.3) is 0 Å². The van der Waals surface area contributed by atoms with Crippen molar-refractivity contribution < 1.29 is 4.79 Å². The van der Waals surface area contributed by atoms with Crippen LogP contribution >= 0.6 is 11.8 Å². The number of imidazole rings is 1. The van der Waals surface area contributed by atoms with Crippen LogP contribution in [0, 0.1) is 0 Å². The van der Waals surface area contributed by atoms with Crippen LogP contribution in [-0.2, 0) is 4.79 Å². The molecular weight excluding hydrogens is 282 g/mol. The number of hydrogen-bond acceptors (Lipinski definition) is 3. The number of amides is 1.